The lowest BCUT2D eigenvalue weighted by Crippen LogP contribution is -2.39. The summed E-state index contributed by atoms with van der Waals surface area (Å²) in [6.07, 6.45) is 4.92. The summed E-state index contributed by atoms with van der Waals surface area (Å²) in [7, 11) is 4.21. The van der Waals surface area contributed by atoms with Crippen molar-refractivity contribution in [3.63, 3.8) is 0 Å². The maximum absolute atomic E-state index is 12.8. The number of aromatic nitrogens is 4. The first-order valence-electron chi connectivity index (χ1n) is 8.41. The summed E-state index contributed by atoms with van der Waals surface area (Å²) in [5, 5.41) is 11.1. The standard InChI is InChI=1S/C17H24N6O/c1-21(2)9-6-14-7-10-22(11-8-14)17(24)15-4-3-5-16(12-15)23-13-18-19-20-23/h3-5,12-14H,6-11H2,1-2H3. The number of rotatable bonds is 5. The van der Waals surface area contributed by atoms with E-state index in [-0.39, 0.29) is 5.91 Å². The summed E-state index contributed by atoms with van der Waals surface area (Å²) in [6.45, 7) is 2.80. The first-order chi connectivity index (χ1) is 11.6. The van der Waals surface area contributed by atoms with Gasteiger partial charge in [0, 0.05) is 18.7 Å². The Balaban J connectivity index is 1.60. The third-order valence-electron chi connectivity index (χ3n) is 4.59. The van der Waals surface area contributed by atoms with Crippen molar-refractivity contribution in [1.29, 1.82) is 0 Å². The first kappa shape index (κ1) is 16.6. The first-order valence-corrected chi connectivity index (χ1v) is 8.41. The topological polar surface area (TPSA) is 67.2 Å². The number of carbonyl (C=O) groups excluding carboxylic acids is 1. The molecule has 0 radical (unpaired) electrons. The van der Waals surface area contributed by atoms with E-state index in [0.29, 0.717) is 5.56 Å². The van der Waals surface area contributed by atoms with Crippen LogP contribution in [0.25, 0.3) is 5.69 Å². The molecule has 0 saturated carbocycles. The van der Waals surface area contributed by atoms with Gasteiger partial charge in [-0.25, -0.2) is 4.68 Å². The SMILES string of the molecule is CN(C)CCC1CCN(C(=O)c2cccc(-n3cnnn3)c2)CC1. The second-order valence-corrected chi connectivity index (χ2v) is 6.63. The molecule has 1 aliphatic rings. The number of benzene rings is 1. The van der Waals surface area contributed by atoms with E-state index in [4.69, 9.17) is 0 Å². The van der Waals surface area contributed by atoms with Gasteiger partial charge in [0.1, 0.15) is 6.33 Å². The molecule has 1 aromatic heterocycles. The van der Waals surface area contributed by atoms with E-state index in [0.717, 1.165) is 44.1 Å². The molecule has 0 aliphatic carbocycles. The highest BCUT2D eigenvalue weighted by Crippen LogP contribution is 2.22. The zero-order valence-corrected chi connectivity index (χ0v) is 14.3. The van der Waals surface area contributed by atoms with Gasteiger partial charge in [0.25, 0.3) is 5.91 Å². The molecule has 1 aliphatic heterocycles. The van der Waals surface area contributed by atoms with Crippen LogP contribution in [0.1, 0.15) is 29.6 Å². The Bertz CT molecular complexity index is 661. The van der Waals surface area contributed by atoms with Crippen molar-refractivity contribution in [3.8, 4) is 5.69 Å². The van der Waals surface area contributed by atoms with Gasteiger partial charge in [0.05, 0.1) is 5.69 Å². The van der Waals surface area contributed by atoms with Gasteiger partial charge < -0.3 is 9.80 Å². The van der Waals surface area contributed by atoms with E-state index in [1.165, 1.54) is 12.7 Å². The number of nitrogens with zero attached hydrogens (tertiary/aromatic N) is 6. The molecule has 2 heterocycles. The fraction of sp³-hybridized carbons (Fsp3) is 0.529. The lowest BCUT2D eigenvalue weighted by molar-refractivity contribution is 0.0683. The summed E-state index contributed by atoms with van der Waals surface area (Å²) < 4.78 is 1.56. The van der Waals surface area contributed by atoms with Crippen LogP contribution in [-0.2, 0) is 0 Å². The Morgan fingerprint density at radius 2 is 2.08 bits per heavy atom. The third-order valence-corrected chi connectivity index (χ3v) is 4.59. The van der Waals surface area contributed by atoms with Gasteiger partial charge in [-0.3, -0.25) is 4.79 Å². The highest BCUT2D eigenvalue weighted by molar-refractivity contribution is 5.94. The molecule has 3 rings (SSSR count). The molecule has 2 aromatic rings. The molecule has 0 bridgehead atoms. The van der Waals surface area contributed by atoms with Crippen LogP contribution < -0.4 is 0 Å². The van der Waals surface area contributed by atoms with Crippen LogP contribution in [0.4, 0.5) is 0 Å². The Kier molecular flexibility index (Phi) is 5.20. The van der Waals surface area contributed by atoms with Gasteiger partial charge in [-0.1, -0.05) is 6.07 Å². The molecule has 1 aromatic carbocycles. The van der Waals surface area contributed by atoms with Gasteiger partial charge in [0.15, 0.2) is 0 Å². The average Bonchev–Trinajstić information content (AvgIpc) is 3.14. The number of carbonyl (C=O) groups is 1. The van der Waals surface area contributed by atoms with E-state index in [1.807, 2.05) is 29.2 Å². The summed E-state index contributed by atoms with van der Waals surface area (Å²) >= 11 is 0. The van der Waals surface area contributed by atoms with E-state index in [9.17, 15) is 4.79 Å². The van der Waals surface area contributed by atoms with Crippen LogP contribution in [-0.4, -0.2) is 69.6 Å². The minimum absolute atomic E-state index is 0.0935. The molecule has 0 unspecified atom stereocenters. The summed E-state index contributed by atoms with van der Waals surface area (Å²) in [5.74, 6) is 0.819. The zero-order chi connectivity index (χ0) is 16.9. The lowest BCUT2D eigenvalue weighted by atomic mass is 9.93. The van der Waals surface area contributed by atoms with Crippen LogP contribution in [0.5, 0.6) is 0 Å². The molecule has 0 spiro atoms. The Morgan fingerprint density at radius 3 is 2.75 bits per heavy atom. The highest BCUT2D eigenvalue weighted by Gasteiger charge is 2.23. The fourth-order valence-corrected chi connectivity index (χ4v) is 3.11. The Hall–Kier alpha value is -2.28. The normalized spacial score (nSPS) is 15.9. The minimum atomic E-state index is 0.0935. The third kappa shape index (κ3) is 3.97. The monoisotopic (exact) mass is 328 g/mol. The zero-order valence-electron chi connectivity index (χ0n) is 14.3. The van der Waals surface area contributed by atoms with Gasteiger partial charge in [-0.05, 0) is 74.4 Å². The molecule has 7 heteroatoms. The van der Waals surface area contributed by atoms with Crippen molar-refractivity contribution in [1.82, 2.24) is 30.0 Å². The van der Waals surface area contributed by atoms with Crippen LogP contribution >= 0.6 is 0 Å². The predicted octanol–water partition coefficient (Wildman–Crippen LogP) is 1.47. The molecule has 24 heavy (non-hydrogen) atoms. The molecule has 1 amide bonds. The number of likely N-dealkylation sites (tertiary alicyclic amines) is 1. The fourth-order valence-electron chi connectivity index (χ4n) is 3.11. The summed E-state index contributed by atoms with van der Waals surface area (Å²) in [5.41, 5.74) is 1.49. The molecule has 1 saturated heterocycles. The van der Waals surface area contributed by atoms with Crippen LogP contribution in [0.2, 0.25) is 0 Å². The maximum atomic E-state index is 12.8. The average molecular weight is 328 g/mol. The van der Waals surface area contributed by atoms with Crippen molar-refractivity contribution < 1.29 is 4.79 Å². The van der Waals surface area contributed by atoms with E-state index < -0.39 is 0 Å². The summed E-state index contributed by atoms with van der Waals surface area (Å²) in [6, 6.07) is 7.46. The second kappa shape index (κ2) is 7.53. The molecule has 0 atom stereocenters. The van der Waals surface area contributed by atoms with Crippen molar-refractivity contribution >= 4 is 5.91 Å². The number of hydrogen-bond donors (Lipinski definition) is 0. The van der Waals surface area contributed by atoms with Crippen LogP contribution in [0.3, 0.4) is 0 Å². The number of piperidine rings is 1. The summed E-state index contributed by atoms with van der Waals surface area (Å²) in [4.78, 5) is 16.9. The Labute approximate surface area is 142 Å². The molecule has 0 N–H and O–H groups in total. The molecule has 128 valence electrons. The van der Waals surface area contributed by atoms with E-state index in [1.54, 1.807) is 4.68 Å². The molecular formula is C17H24N6O. The van der Waals surface area contributed by atoms with Crippen LogP contribution in [0.15, 0.2) is 30.6 Å². The van der Waals surface area contributed by atoms with E-state index >= 15 is 0 Å². The van der Waals surface area contributed by atoms with Gasteiger partial charge in [-0.15, -0.1) is 5.10 Å². The Morgan fingerprint density at radius 1 is 1.29 bits per heavy atom. The second-order valence-electron chi connectivity index (χ2n) is 6.63. The highest BCUT2D eigenvalue weighted by atomic mass is 16.2. The van der Waals surface area contributed by atoms with Gasteiger partial charge in [-0.2, -0.15) is 0 Å². The van der Waals surface area contributed by atoms with Crippen LogP contribution in [0, 0.1) is 5.92 Å². The maximum Gasteiger partial charge on any atom is 0.253 e. The van der Waals surface area contributed by atoms with Crippen molar-refractivity contribution in [3.05, 3.63) is 36.2 Å². The quantitative estimate of drug-likeness (QED) is 0.831. The van der Waals surface area contributed by atoms with Crippen molar-refractivity contribution in [2.75, 3.05) is 33.7 Å². The number of amides is 1. The lowest BCUT2D eigenvalue weighted by Gasteiger charge is -2.32. The predicted molar refractivity (Wildman–Crippen MR) is 91.0 cm³/mol. The molecular weight excluding hydrogens is 304 g/mol. The van der Waals surface area contributed by atoms with Gasteiger partial charge >= 0.3 is 0 Å². The minimum Gasteiger partial charge on any atom is -0.339 e. The molecule has 7 nitrogen and oxygen atoms in total. The van der Waals surface area contributed by atoms with Crippen molar-refractivity contribution in [2.45, 2.75) is 19.3 Å². The van der Waals surface area contributed by atoms with Crippen molar-refractivity contribution in [2.24, 2.45) is 5.92 Å². The van der Waals surface area contributed by atoms with Gasteiger partial charge in [0.2, 0.25) is 0 Å². The number of tetrazole rings is 1. The number of hydrogen-bond acceptors (Lipinski definition) is 5. The largest absolute Gasteiger partial charge is 0.339 e. The van der Waals surface area contributed by atoms with E-state index in [2.05, 4.69) is 34.5 Å². The molecule has 1 fully saturated rings. The smallest absolute Gasteiger partial charge is 0.253 e.